The molecule has 4 rings (SSSR count). The second-order valence-corrected chi connectivity index (χ2v) is 11.2. The van der Waals surface area contributed by atoms with Gasteiger partial charge in [-0.3, -0.25) is 4.79 Å². The maximum atomic E-state index is 13.0. The number of carbonyl (C=O) groups excluding carboxylic acids is 1. The number of rotatable bonds is 7. The molecular weight excluding hydrogens is 418 g/mol. The maximum Gasteiger partial charge on any atom is 0.233 e. The minimum absolute atomic E-state index is 0.0164. The highest BCUT2D eigenvalue weighted by molar-refractivity contribution is 7.99. The van der Waals surface area contributed by atoms with Crippen molar-refractivity contribution >= 4 is 50.1 Å². The Morgan fingerprint density at radius 1 is 1.32 bits per heavy atom. The molecule has 1 aromatic carbocycles. The molecule has 0 N–H and O–H groups in total. The van der Waals surface area contributed by atoms with Gasteiger partial charge in [0.15, 0.2) is 15.0 Å². The number of thioether (sulfide) groups is 1. The van der Waals surface area contributed by atoms with Crippen LogP contribution in [0.4, 0.5) is 0 Å². The van der Waals surface area contributed by atoms with Crippen molar-refractivity contribution in [2.75, 3.05) is 17.3 Å². The molecule has 2 aliphatic rings. The fourth-order valence-electron chi connectivity index (χ4n) is 3.88. The Bertz CT molecular complexity index is 1000. The molecule has 1 saturated carbocycles. The van der Waals surface area contributed by atoms with Crippen LogP contribution in [0.5, 0.6) is 0 Å². The van der Waals surface area contributed by atoms with Gasteiger partial charge in [0, 0.05) is 23.7 Å². The van der Waals surface area contributed by atoms with Gasteiger partial charge in [0.2, 0.25) is 5.91 Å². The Labute approximate surface area is 174 Å². The van der Waals surface area contributed by atoms with E-state index in [1.807, 2.05) is 23.1 Å². The Balaban J connectivity index is 1.51. The van der Waals surface area contributed by atoms with Crippen LogP contribution < -0.4 is 0 Å². The van der Waals surface area contributed by atoms with Gasteiger partial charge in [-0.15, -0.1) is 0 Å². The second-order valence-electron chi connectivity index (χ2n) is 7.56. The van der Waals surface area contributed by atoms with Gasteiger partial charge in [-0.05, 0) is 43.9 Å². The molecule has 1 amide bonds. The van der Waals surface area contributed by atoms with Crippen LogP contribution in [0.25, 0.3) is 11.0 Å². The monoisotopic (exact) mass is 441 g/mol. The van der Waals surface area contributed by atoms with E-state index in [4.69, 9.17) is 11.6 Å². The smallest absolute Gasteiger partial charge is 0.233 e. The van der Waals surface area contributed by atoms with Gasteiger partial charge in [0.1, 0.15) is 0 Å². The SMILES string of the molecule is CCCn1c(SCC(=O)N(C2CC2)C2CCS(=O)(=O)C2)nc2cc(Cl)ccc21. The van der Waals surface area contributed by atoms with Gasteiger partial charge in [-0.2, -0.15) is 0 Å². The Morgan fingerprint density at radius 2 is 2.11 bits per heavy atom. The first-order valence-corrected chi connectivity index (χ1v) is 12.9. The fraction of sp³-hybridized carbons (Fsp3) is 0.579. The van der Waals surface area contributed by atoms with Crippen LogP contribution in [0.2, 0.25) is 5.02 Å². The van der Waals surface area contributed by atoms with Crippen molar-refractivity contribution in [2.45, 2.75) is 56.4 Å². The number of hydrogen-bond acceptors (Lipinski definition) is 5. The van der Waals surface area contributed by atoms with Crippen LogP contribution in [-0.2, 0) is 21.2 Å². The Hall–Kier alpha value is -1.25. The molecule has 28 heavy (non-hydrogen) atoms. The molecule has 1 unspecified atom stereocenters. The van der Waals surface area contributed by atoms with Crippen LogP contribution in [0.1, 0.15) is 32.6 Å². The molecule has 2 fully saturated rings. The molecule has 0 bridgehead atoms. The van der Waals surface area contributed by atoms with E-state index >= 15 is 0 Å². The molecule has 2 aromatic rings. The maximum absolute atomic E-state index is 13.0. The molecule has 152 valence electrons. The lowest BCUT2D eigenvalue weighted by Crippen LogP contribution is -2.43. The van der Waals surface area contributed by atoms with E-state index in [0.29, 0.717) is 11.4 Å². The molecule has 1 aromatic heterocycles. The number of imidazole rings is 1. The van der Waals surface area contributed by atoms with Crippen molar-refractivity contribution in [3.05, 3.63) is 23.2 Å². The highest BCUT2D eigenvalue weighted by Crippen LogP contribution is 2.34. The van der Waals surface area contributed by atoms with Gasteiger partial charge in [0.05, 0.1) is 28.3 Å². The van der Waals surface area contributed by atoms with Gasteiger partial charge in [0.25, 0.3) is 0 Å². The summed E-state index contributed by atoms with van der Waals surface area (Å²) in [5, 5.41) is 1.45. The second kappa shape index (κ2) is 7.88. The average Bonchev–Trinajstić information content (AvgIpc) is 3.32. The zero-order valence-electron chi connectivity index (χ0n) is 15.8. The van der Waals surface area contributed by atoms with Crippen molar-refractivity contribution < 1.29 is 13.2 Å². The lowest BCUT2D eigenvalue weighted by molar-refractivity contribution is -0.130. The van der Waals surface area contributed by atoms with E-state index in [2.05, 4.69) is 16.5 Å². The van der Waals surface area contributed by atoms with Gasteiger partial charge in [-0.1, -0.05) is 30.3 Å². The van der Waals surface area contributed by atoms with E-state index in [9.17, 15) is 13.2 Å². The third-order valence-corrected chi connectivity index (χ3v) is 8.22. The molecule has 1 atom stereocenters. The van der Waals surface area contributed by atoms with Crippen LogP contribution in [0.15, 0.2) is 23.4 Å². The highest BCUT2D eigenvalue weighted by Gasteiger charge is 2.42. The molecule has 1 saturated heterocycles. The molecular formula is C19H24ClN3O3S2. The molecule has 9 heteroatoms. The zero-order chi connectivity index (χ0) is 19.9. The average molecular weight is 442 g/mol. The summed E-state index contributed by atoms with van der Waals surface area (Å²) in [6, 6.07) is 5.70. The topological polar surface area (TPSA) is 72.3 Å². The number of benzene rings is 1. The summed E-state index contributed by atoms with van der Waals surface area (Å²) in [5.74, 6) is 0.581. The predicted molar refractivity (Wildman–Crippen MR) is 113 cm³/mol. The molecule has 0 radical (unpaired) electrons. The van der Waals surface area contributed by atoms with Crippen LogP contribution in [-0.4, -0.2) is 58.1 Å². The van der Waals surface area contributed by atoms with E-state index in [1.165, 1.54) is 11.8 Å². The lowest BCUT2D eigenvalue weighted by atomic mass is 10.2. The van der Waals surface area contributed by atoms with Crippen LogP contribution >= 0.6 is 23.4 Å². The number of sulfone groups is 1. The van der Waals surface area contributed by atoms with Gasteiger partial charge >= 0.3 is 0 Å². The summed E-state index contributed by atoms with van der Waals surface area (Å²) in [6.07, 6.45) is 3.46. The third-order valence-electron chi connectivity index (χ3n) is 5.28. The quantitative estimate of drug-likeness (QED) is 0.616. The summed E-state index contributed by atoms with van der Waals surface area (Å²) in [7, 11) is -3.01. The number of fused-ring (bicyclic) bond motifs is 1. The van der Waals surface area contributed by atoms with Crippen LogP contribution in [0, 0.1) is 0 Å². The number of halogens is 1. The lowest BCUT2D eigenvalue weighted by Gasteiger charge is -2.28. The fourth-order valence-corrected chi connectivity index (χ4v) is 6.67. The first-order valence-electron chi connectivity index (χ1n) is 9.68. The van der Waals surface area contributed by atoms with Crippen molar-refractivity contribution in [1.29, 1.82) is 0 Å². The molecule has 0 spiro atoms. The summed E-state index contributed by atoms with van der Waals surface area (Å²) >= 11 is 7.53. The third kappa shape index (κ3) is 4.19. The van der Waals surface area contributed by atoms with Gasteiger partial charge < -0.3 is 9.47 Å². The number of amides is 1. The molecule has 2 heterocycles. The Kier molecular flexibility index (Phi) is 5.64. The molecule has 6 nitrogen and oxygen atoms in total. The Morgan fingerprint density at radius 3 is 2.75 bits per heavy atom. The first kappa shape index (κ1) is 20.0. The standard InChI is InChI=1S/C19H24ClN3O3S2/c1-2-8-22-17-6-3-13(20)10-16(17)21-19(22)27-11-18(24)23(14-4-5-14)15-7-9-28(25,26)12-15/h3,6,10,14-15H,2,4-5,7-9,11-12H2,1H3. The van der Waals surface area contributed by atoms with Crippen LogP contribution in [0.3, 0.4) is 0 Å². The largest absolute Gasteiger partial charge is 0.335 e. The predicted octanol–water partition coefficient (Wildman–Crippen LogP) is 3.37. The minimum atomic E-state index is -3.01. The number of aryl methyl sites for hydroxylation is 1. The summed E-state index contributed by atoms with van der Waals surface area (Å²) in [6.45, 7) is 2.93. The summed E-state index contributed by atoms with van der Waals surface area (Å²) in [4.78, 5) is 19.5. The summed E-state index contributed by atoms with van der Waals surface area (Å²) < 4.78 is 25.9. The number of aromatic nitrogens is 2. The highest BCUT2D eigenvalue weighted by atomic mass is 35.5. The normalized spacial score (nSPS) is 21.3. The number of hydrogen-bond donors (Lipinski definition) is 0. The van der Waals surface area contributed by atoms with Crippen molar-refractivity contribution in [3.63, 3.8) is 0 Å². The first-order chi connectivity index (χ1) is 13.4. The minimum Gasteiger partial charge on any atom is -0.335 e. The van der Waals surface area contributed by atoms with Crippen molar-refractivity contribution in [2.24, 2.45) is 0 Å². The number of nitrogens with zero attached hydrogens (tertiary/aromatic N) is 3. The van der Waals surface area contributed by atoms with Gasteiger partial charge in [-0.25, -0.2) is 13.4 Å². The molecule has 1 aliphatic carbocycles. The zero-order valence-corrected chi connectivity index (χ0v) is 18.2. The van der Waals surface area contributed by atoms with E-state index in [-0.39, 0.29) is 35.2 Å². The van der Waals surface area contributed by atoms with Crippen molar-refractivity contribution in [3.8, 4) is 0 Å². The molecule has 1 aliphatic heterocycles. The van der Waals surface area contributed by atoms with Crippen molar-refractivity contribution in [1.82, 2.24) is 14.5 Å². The summed E-state index contributed by atoms with van der Waals surface area (Å²) in [5.41, 5.74) is 1.85. The van der Waals surface area contributed by atoms with E-state index in [0.717, 1.165) is 42.0 Å². The van der Waals surface area contributed by atoms with E-state index < -0.39 is 9.84 Å². The number of carbonyl (C=O) groups is 1. The van der Waals surface area contributed by atoms with E-state index in [1.54, 1.807) is 0 Å².